The minimum atomic E-state index is -1.12. The monoisotopic (exact) mass is 295 g/mol. The first kappa shape index (κ1) is 14.1. The molecule has 7 nitrogen and oxygen atoms in total. The highest BCUT2D eigenvalue weighted by atomic mass is 32.1. The number of carboxylic acid groups (broad SMARTS) is 1. The maximum Gasteiger partial charge on any atom is 0.331 e. The van der Waals surface area contributed by atoms with Gasteiger partial charge in [-0.25, -0.2) is 14.6 Å². The van der Waals surface area contributed by atoms with Gasteiger partial charge in [-0.2, -0.15) is 0 Å². The highest BCUT2D eigenvalue weighted by Gasteiger charge is 2.22. The van der Waals surface area contributed by atoms with Crippen molar-refractivity contribution in [2.75, 3.05) is 0 Å². The Morgan fingerprint density at radius 2 is 2.35 bits per heavy atom. The van der Waals surface area contributed by atoms with Crippen LogP contribution in [-0.2, 0) is 11.3 Å². The summed E-state index contributed by atoms with van der Waals surface area (Å²) in [6, 6.07) is 1.72. The average molecular weight is 295 g/mol. The number of carbonyl (C=O) groups excluding carboxylic acids is 1. The lowest BCUT2D eigenvalue weighted by molar-refractivity contribution is -0.139. The Balaban J connectivity index is 1.90. The highest BCUT2D eigenvalue weighted by molar-refractivity contribution is 7.10. The second-order valence-electron chi connectivity index (χ2n) is 3.98. The number of aliphatic carboxylic acids is 1. The molecule has 0 fully saturated rings. The summed E-state index contributed by atoms with van der Waals surface area (Å²) in [5.41, 5.74) is 0. The maximum atomic E-state index is 11.7. The Bertz CT molecular complexity index is 594. The number of hydrogen-bond donors (Lipinski definition) is 3. The number of aromatic nitrogens is 1. The van der Waals surface area contributed by atoms with E-state index in [4.69, 9.17) is 9.52 Å². The summed E-state index contributed by atoms with van der Waals surface area (Å²) < 4.78 is 5.19. The van der Waals surface area contributed by atoms with Gasteiger partial charge in [-0.3, -0.25) is 0 Å². The number of aryl methyl sites for hydroxylation is 1. The van der Waals surface area contributed by atoms with E-state index in [0.29, 0.717) is 16.5 Å². The quantitative estimate of drug-likeness (QED) is 0.778. The molecule has 1 unspecified atom stereocenters. The summed E-state index contributed by atoms with van der Waals surface area (Å²) in [5.74, 6) is -0.112. The van der Waals surface area contributed by atoms with Crippen LogP contribution < -0.4 is 10.6 Å². The van der Waals surface area contributed by atoms with Crippen molar-refractivity contribution in [2.24, 2.45) is 0 Å². The minimum Gasteiger partial charge on any atom is -0.479 e. The molecule has 0 aliphatic rings. The Hall–Kier alpha value is -2.35. The number of carboxylic acids is 1. The minimum absolute atomic E-state index is 0.0937. The number of carbonyl (C=O) groups is 2. The van der Waals surface area contributed by atoms with E-state index >= 15 is 0 Å². The van der Waals surface area contributed by atoms with Crippen LogP contribution in [0.4, 0.5) is 4.79 Å². The summed E-state index contributed by atoms with van der Waals surface area (Å²) in [5, 5.41) is 15.7. The normalized spacial score (nSPS) is 11.8. The summed E-state index contributed by atoms with van der Waals surface area (Å²) in [6.45, 7) is 1.84. The smallest absolute Gasteiger partial charge is 0.331 e. The Morgan fingerprint density at radius 3 is 2.90 bits per heavy atom. The van der Waals surface area contributed by atoms with Crippen molar-refractivity contribution >= 4 is 23.3 Å². The van der Waals surface area contributed by atoms with Gasteiger partial charge in [0.25, 0.3) is 0 Å². The third kappa shape index (κ3) is 3.58. The number of nitrogens with zero attached hydrogens (tertiary/aromatic N) is 1. The van der Waals surface area contributed by atoms with Gasteiger partial charge >= 0.3 is 12.0 Å². The summed E-state index contributed by atoms with van der Waals surface area (Å²) in [4.78, 5) is 27.3. The van der Waals surface area contributed by atoms with Gasteiger partial charge in [0, 0.05) is 4.88 Å². The van der Waals surface area contributed by atoms with Gasteiger partial charge in [0.2, 0.25) is 5.89 Å². The van der Waals surface area contributed by atoms with Gasteiger partial charge in [0.15, 0.2) is 6.04 Å². The fourth-order valence-electron chi connectivity index (χ4n) is 1.53. The molecule has 8 heteroatoms. The number of thiophene rings is 1. The predicted octanol–water partition coefficient (Wildman–Crippen LogP) is 1.67. The van der Waals surface area contributed by atoms with Crippen LogP contribution in [0.5, 0.6) is 0 Å². The molecule has 1 atom stereocenters. The molecule has 0 bridgehead atoms. The molecule has 0 saturated carbocycles. The molecular weight excluding hydrogens is 282 g/mol. The molecule has 2 aromatic rings. The second-order valence-corrected chi connectivity index (χ2v) is 4.96. The molecule has 2 aromatic heterocycles. The molecule has 2 heterocycles. The predicted molar refractivity (Wildman–Crippen MR) is 71.3 cm³/mol. The first-order chi connectivity index (χ1) is 9.56. The lowest BCUT2D eigenvalue weighted by Crippen LogP contribution is -2.40. The molecule has 3 N–H and O–H groups in total. The van der Waals surface area contributed by atoms with Crippen molar-refractivity contribution in [3.8, 4) is 0 Å². The van der Waals surface area contributed by atoms with Crippen molar-refractivity contribution in [2.45, 2.75) is 19.5 Å². The largest absolute Gasteiger partial charge is 0.479 e. The molecule has 20 heavy (non-hydrogen) atoms. The molecule has 0 aromatic carbocycles. The van der Waals surface area contributed by atoms with E-state index in [1.165, 1.54) is 11.3 Å². The SMILES string of the molecule is Cc1cnc(CNC(=O)NC(C(=O)O)c2cccs2)o1. The van der Waals surface area contributed by atoms with Gasteiger partial charge in [-0.05, 0) is 18.4 Å². The zero-order valence-electron chi connectivity index (χ0n) is 10.6. The summed E-state index contributed by atoms with van der Waals surface area (Å²) >= 11 is 1.26. The summed E-state index contributed by atoms with van der Waals surface area (Å²) in [7, 11) is 0. The van der Waals surface area contributed by atoms with Gasteiger partial charge < -0.3 is 20.2 Å². The highest BCUT2D eigenvalue weighted by Crippen LogP contribution is 2.18. The molecule has 0 spiro atoms. The number of urea groups is 1. The van der Waals surface area contributed by atoms with Crippen molar-refractivity contribution in [3.63, 3.8) is 0 Å². The lowest BCUT2D eigenvalue weighted by atomic mass is 10.2. The number of rotatable bonds is 5. The van der Waals surface area contributed by atoms with Crippen molar-refractivity contribution in [1.82, 2.24) is 15.6 Å². The van der Waals surface area contributed by atoms with Crippen LogP contribution in [0.2, 0.25) is 0 Å². The average Bonchev–Trinajstić information content (AvgIpc) is 3.04. The molecule has 0 radical (unpaired) electrons. The van der Waals surface area contributed by atoms with E-state index in [2.05, 4.69) is 15.6 Å². The van der Waals surface area contributed by atoms with Gasteiger partial charge in [0.1, 0.15) is 5.76 Å². The first-order valence-corrected chi connectivity index (χ1v) is 6.66. The van der Waals surface area contributed by atoms with Gasteiger partial charge in [0.05, 0.1) is 12.7 Å². The van der Waals surface area contributed by atoms with Crippen LogP contribution in [0.1, 0.15) is 22.6 Å². The van der Waals surface area contributed by atoms with Crippen LogP contribution in [0.3, 0.4) is 0 Å². The van der Waals surface area contributed by atoms with E-state index < -0.39 is 18.0 Å². The maximum absolute atomic E-state index is 11.7. The topological polar surface area (TPSA) is 104 Å². The molecular formula is C12H13N3O4S. The van der Waals surface area contributed by atoms with Crippen molar-refractivity contribution in [1.29, 1.82) is 0 Å². The molecule has 0 aliphatic heterocycles. The molecule has 2 rings (SSSR count). The summed E-state index contributed by atoms with van der Waals surface area (Å²) in [6.07, 6.45) is 1.54. The molecule has 2 amide bonds. The zero-order valence-corrected chi connectivity index (χ0v) is 11.4. The third-order valence-electron chi connectivity index (χ3n) is 2.42. The molecule has 0 aliphatic carbocycles. The van der Waals surface area contributed by atoms with E-state index in [-0.39, 0.29) is 6.54 Å². The zero-order chi connectivity index (χ0) is 14.5. The standard InChI is InChI=1S/C12H13N3O4S/c1-7-5-13-9(19-7)6-14-12(18)15-10(11(16)17)8-3-2-4-20-8/h2-5,10H,6H2,1H3,(H,16,17)(H2,14,15,18). The van der Waals surface area contributed by atoms with E-state index in [0.717, 1.165) is 0 Å². The van der Waals surface area contributed by atoms with Gasteiger partial charge in [-0.1, -0.05) is 6.07 Å². The van der Waals surface area contributed by atoms with Crippen molar-refractivity contribution in [3.05, 3.63) is 40.2 Å². The Labute approximate surface area is 118 Å². The van der Waals surface area contributed by atoms with Crippen molar-refractivity contribution < 1.29 is 19.1 Å². The van der Waals surface area contributed by atoms with Gasteiger partial charge in [-0.15, -0.1) is 11.3 Å². The van der Waals surface area contributed by atoms with Crippen LogP contribution in [0.15, 0.2) is 28.1 Å². The molecule has 0 saturated heterocycles. The van der Waals surface area contributed by atoms with E-state index in [9.17, 15) is 9.59 Å². The Kier molecular flexibility index (Phi) is 4.36. The van der Waals surface area contributed by atoms with Crippen LogP contribution in [0.25, 0.3) is 0 Å². The fraction of sp³-hybridized carbons (Fsp3) is 0.250. The second kappa shape index (κ2) is 6.20. The number of amides is 2. The van der Waals surface area contributed by atoms with Crippen LogP contribution in [0, 0.1) is 6.92 Å². The van der Waals surface area contributed by atoms with Crippen LogP contribution in [-0.4, -0.2) is 22.1 Å². The third-order valence-corrected chi connectivity index (χ3v) is 3.36. The number of nitrogens with one attached hydrogen (secondary N) is 2. The Morgan fingerprint density at radius 1 is 1.55 bits per heavy atom. The lowest BCUT2D eigenvalue weighted by Gasteiger charge is -2.13. The number of oxazole rings is 1. The first-order valence-electron chi connectivity index (χ1n) is 5.78. The molecule has 106 valence electrons. The fourth-order valence-corrected chi connectivity index (χ4v) is 2.30. The van der Waals surface area contributed by atoms with Crippen LogP contribution >= 0.6 is 11.3 Å². The van der Waals surface area contributed by atoms with E-state index in [1.54, 1.807) is 30.6 Å². The van der Waals surface area contributed by atoms with E-state index in [1.807, 2.05) is 0 Å². The number of hydrogen-bond acceptors (Lipinski definition) is 5.